The van der Waals surface area contributed by atoms with Crippen molar-refractivity contribution < 1.29 is 22.7 Å². The predicted molar refractivity (Wildman–Crippen MR) is 162 cm³/mol. The topological polar surface area (TPSA) is 96.0 Å². The number of benzene rings is 3. The minimum atomic E-state index is -4.18. The third kappa shape index (κ3) is 8.10. The molecule has 0 unspecified atom stereocenters. The molecule has 0 heterocycles. The first kappa shape index (κ1) is 31.7. The number of hydrogen-bond acceptors (Lipinski definition) is 5. The Kier molecular flexibility index (Phi) is 11.3. The molecule has 0 aliphatic carbocycles. The second kappa shape index (κ2) is 14.7. The Morgan fingerprint density at radius 2 is 1.51 bits per heavy atom. The molecule has 2 amide bonds. The zero-order valence-corrected chi connectivity index (χ0v) is 25.4. The van der Waals surface area contributed by atoms with Crippen molar-refractivity contribution in [3.05, 3.63) is 90.0 Å². The van der Waals surface area contributed by atoms with Crippen LogP contribution in [0.3, 0.4) is 0 Å². The molecule has 9 heteroatoms. The number of carbonyl (C=O) groups is 2. The molecule has 3 aromatic rings. The second-order valence-electron chi connectivity index (χ2n) is 9.97. The Balaban J connectivity index is 2.09. The molecule has 0 saturated carbocycles. The van der Waals surface area contributed by atoms with Crippen LogP contribution in [0.25, 0.3) is 0 Å². The number of ether oxygens (including phenoxy) is 1. The van der Waals surface area contributed by atoms with Gasteiger partial charge in [-0.3, -0.25) is 13.9 Å². The molecule has 0 aromatic heterocycles. The first-order valence-corrected chi connectivity index (χ1v) is 15.5. The van der Waals surface area contributed by atoms with Crippen molar-refractivity contribution in [1.82, 2.24) is 10.2 Å². The highest BCUT2D eigenvalue weighted by Crippen LogP contribution is 2.33. The van der Waals surface area contributed by atoms with Gasteiger partial charge in [0.05, 0.1) is 17.2 Å². The minimum absolute atomic E-state index is 0.0540. The Hall–Kier alpha value is -3.85. The van der Waals surface area contributed by atoms with Crippen LogP contribution in [0.2, 0.25) is 0 Å². The molecule has 0 saturated heterocycles. The maximum absolute atomic E-state index is 14.2. The average molecular weight is 580 g/mol. The lowest BCUT2D eigenvalue weighted by Gasteiger charge is -2.34. The van der Waals surface area contributed by atoms with Crippen LogP contribution in [-0.2, 0) is 26.2 Å². The molecule has 0 fully saturated rings. The van der Waals surface area contributed by atoms with E-state index in [9.17, 15) is 18.0 Å². The normalized spacial score (nSPS) is 12.7. The van der Waals surface area contributed by atoms with Crippen LogP contribution in [-0.4, -0.2) is 50.4 Å². The van der Waals surface area contributed by atoms with E-state index >= 15 is 0 Å². The highest BCUT2D eigenvalue weighted by Gasteiger charge is 2.35. The number of sulfonamides is 1. The SMILES string of the molecule is CCOc1ccccc1N(CC(=O)N(Cc1ccccc1)[C@H](CC)C(=O)N[C@@H](C)CC)S(=O)(=O)c1ccc(C)cc1. The molecule has 0 aliphatic heterocycles. The van der Waals surface area contributed by atoms with E-state index in [1.165, 1.54) is 17.0 Å². The Bertz CT molecular complexity index is 1390. The summed E-state index contributed by atoms with van der Waals surface area (Å²) < 4.78 is 35.0. The van der Waals surface area contributed by atoms with Gasteiger partial charge in [-0.25, -0.2) is 8.42 Å². The van der Waals surface area contributed by atoms with Gasteiger partial charge in [0.25, 0.3) is 10.0 Å². The number of anilines is 1. The molecule has 3 rings (SSSR count). The maximum atomic E-state index is 14.2. The van der Waals surface area contributed by atoms with Crippen molar-refractivity contribution in [1.29, 1.82) is 0 Å². The maximum Gasteiger partial charge on any atom is 0.264 e. The molecule has 0 spiro atoms. The van der Waals surface area contributed by atoms with Crippen molar-refractivity contribution in [3.63, 3.8) is 0 Å². The van der Waals surface area contributed by atoms with Crippen molar-refractivity contribution in [2.75, 3.05) is 17.5 Å². The molecule has 8 nitrogen and oxygen atoms in total. The van der Waals surface area contributed by atoms with Crippen LogP contribution in [0, 0.1) is 6.92 Å². The van der Waals surface area contributed by atoms with Gasteiger partial charge in [-0.2, -0.15) is 0 Å². The lowest BCUT2D eigenvalue weighted by molar-refractivity contribution is -0.140. The summed E-state index contributed by atoms with van der Waals surface area (Å²) in [7, 11) is -4.18. The lowest BCUT2D eigenvalue weighted by atomic mass is 10.1. The summed E-state index contributed by atoms with van der Waals surface area (Å²) in [6.07, 6.45) is 1.10. The fourth-order valence-corrected chi connectivity index (χ4v) is 5.86. The van der Waals surface area contributed by atoms with Crippen LogP contribution >= 0.6 is 0 Å². The monoisotopic (exact) mass is 579 g/mol. The van der Waals surface area contributed by atoms with E-state index in [1.807, 2.05) is 65.0 Å². The summed E-state index contributed by atoms with van der Waals surface area (Å²) >= 11 is 0. The fourth-order valence-electron chi connectivity index (χ4n) is 4.43. The van der Waals surface area contributed by atoms with Crippen LogP contribution in [0.15, 0.2) is 83.8 Å². The third-order valence-electron chi connectivity index (χ3n) is 6.90. The summed E-state index contributed by atoms with van der Waals surface area (Å²) in [5.74, 6) is -0.426. The molecule has 220 valence electrons. The number of amides is 2. The first-order chi connectivity index (χ1) is 19.6. The highest BCUT2D eigenvalue weighted by molar-refractivity contribution is 7.92. The largest absolute Gasteiger partial charge is 0.492 e. The van der Waals surface area contributed by atoms with Crippen molar-refractivity contribution in [2.45, 2.75) is 71.0 Å². The number of para-hydroxylation sites is 2. The first-order valence-electron chi connectivity index (χ1n) is 14.1. The van der Waals surface area contributed by atoms with Crippen LogP contribution in [0.5, 0.6) is 5.75 Å². The molecule has 0 bridgehead atoms. The fraction of sp³-hybridized carbons (Fsp3) is 0.375. The second-order valence-corrected chi connectivity index (χ2v) is 11.8. The van der Waals surface area contributed by atoms with Gasteiger partial charge in [-0.15, -0.1) is 0 Å². The zero-order valence-electron chi connectivity index (χ0n) is 24.5. The smallest absolute Gasteiger partial charge is 0.264 e. The van der Waals surface area contributed by atoms with E-state index in [4.69, 9.17) is 4.74 Å². The van der Waals surface area contributed by atoms with Gasteiger partial charge in [0.2, 0.25) is 11.8 Å². The van der Waals surface area contributed by atoms with E-state index in [2.05, 4.69) is 5.32 Å². The summed E-state index contributed by atoms with van der Waals surface area (Å²) in [5.41, 5.74) is 1.99. The van der Waals surface area contributed by atoms with Crippen molar-refractivity contribution in [2.24, 2.45) is 0 Å². The van der Waals surface area contributed by atoms with Gasteiger partial charge in [0.15, 0.2) is 0 Å². The Morgan fingerprint density at radius 3 is 2.12 bits per heavy atom. The predicted octanol–water partition coefficient (Wildman–Crippen LogP) is 5.31. The molecule has 41 heavy (non-hydrogen) atoms. The van der Waals surface area contributed by atoms with Crippen LogP contribution < -0.4 is 14.4 Å². The summed E-state index contributed by atoms with van der Waals surface area (Å²) in [6, 6.07) is 21.8. The van der Waals surface area contributed by atoms with E-state index in [0.29, 0.717) is 18.8 Å². The van der Waals surface area contributed by atoms with Gasteiger partial charge in [-0.05, 0) is 63.4 Å². The van der Waals surface area contributed by atoms with E-state index in [0.717, 1.165) is 21.9 Å². The number of nitrogens with zero attached hydrogens (tertiary/aromatic N) is 2. The van der Waals surface area contributed by atoms with Crippen LogP contribution in [0.1, 0.15) is 51.7 Å². The summed E-state index contributed by atoms with van der Waals surface area (Å²) in [5, 5.41) is 2.99. The van der Waals surface area contributed by atoms with Crippen LogP contribution in [0.4, 0.5) is 5.69 Å². The van der Waals surface area contributed by atoms with E-state index in [-0.39, 0.29) is 29.1 Å². The highest BCUT2D eigenvalue weighted by atomic mass is 32.2. The number of carbonyl (C=O) groups excluding carboxylic acids is 2. The van der Waals surface area contributed by atoms with E-state index in [1.54, 1.807) is 36.4 Å². The third-order valence-corrected chi connectivity index (χ3v) is 8.68. The van der Waals surface area contributed by atoms with Gasteiger partial charge >= 0.3 is 0 Å². The zero-order chi connectivity index (χ0) is 30.0. The molecule has 0 radical (unpaired) electrons. The molecule has 3 aromatic carbocycles. The number of aryl methyl sites for hydroxylation is 1. The van der Waals surface area contributed by atoms with Gasteiger partial charge in [-0.1, -0.05) is 74.0 Å². The molecule has 1 N–H and O–H groups in total. The number of nitrogens with one attached hydrogen (secondary N) is 1. The molecule has 0 aliphatic rings. The standard InChI is InChI=1S/C32H41N3O5S/c1-6-25(5)33-32(37)28(7-2)34(22-26-14-10-9-11-15-26)31(36)23-35(29-16-12-13-17-30(29)40-8-3)41(38,39)27-20-18-24(4)19-21-27/h9-21,25,28H,6-8,22-23H2,1-5H3,(H,33,37)/t25-,28+/m0/s1. The van der Waals surface area contributed by atoms with Crippen molar-refractivity contribution >= 4 is 27.5 Å². The summed E-state index contributed by atoms with van der Waals surface area (Å²) in [4.78, 5) is 29.1. The van der Waals surface area contributed by atoms with Gasteiger partial charge in [0.1, 0.15) is 18.3 Å². The average Bonchev–Trinajstić information content (AvgIpc) is 2.97. The Morgan fingerprint density at radius 1 is 0.878 bits per heavy atom. The minimum Gasteiger partial charge on any atom is -0.492 e. The number of hydrogen-bond donors (Lipinski definition) is 1. The molecular weight excluding hydrogens is 538 g/mol. The van der Waals surface area contributed by atoms with Gasteiger partial charge < -0.3 is 15.0 Å². The Labute approximate surface area is 244 Å². The van der Waals surface area contributed by atoms with E-state index < -0.39 is 28.5 Å². The lowest BCUT2D eigenvalue weighted by Crippen LogP contribution is -2.53. The quantitative estimate of drug-likeness (QED) is 0.279. The summed E-state index contributed by atoms with van der Waals surface area (Å²) in [6.45, 7) is 9.37. The van der Waals surface area contributed by atoms with Gasteiger partial charge in [0, 0.05) is 12.6 Å². The van der Waals surface area contributed by atoms with Crippen molar-refractivity contribution in [3.8, 4) is 5.75 Å². The molecular formula is C32H41N3O5S. The molecule has 2 atom stereocenters. The number of rotatable bonds is 14.